The van der Waals surface area contributed by atoms with E-state index in [1.807, 2.05) is 6.08 Å². The van der Waals surface area contributed by atoms with Gasteiger partial charge < -0.3 is 4.74 Å². The van der Waals surface area contributed by atoms with Gasteiger partial charge in [0.2, 0.25) is 0 Å². The molecular formula is C16H22O. The zero-order valence-corrected chi connectivity index (χ0v) is 11.6. The number of benzene rings is 1. The van der Waals surface area contributed by atoms with Gasteiger partial charge in [0.1, 0.15) is 5.75 Å². The largest absolute Gasteiger partial charge is 0.496 e. The molecule has 0 atom stereocenters. The molecule has 0 saturated carbocycles. The van der Waals surface area contributed by atoms with Crippen LogP contribution in [0.5, 0.6) is 5.75 Å². The summed E-state index contributed by atoms with van der Waals surface area (Å²) in [6.45, 7) is 12.3. The Kier molecular flexibility index (Phi) is 4.56. The van der Waals surface area contributed by atoms with E-state index in [9.17, 15) is 0 Å². The van der Waals surface area contributed by atoms with Crippen molar-refractivity contribution in [2.24, 2.45) is 0 Å². The molecule has 17 heavy (non-hydrogen) atoms. The van der Waals surface area contributed by atoms with Crippen molar-refractivity contribution in [1.29, 1.82) is 0 Å². The molecule has 0 N–H and O–H groups in total. The van der Waals surface area contributed by atoms with Crippen molar-refractivity contribution in [2.45, 2.75) is 34.1 Å². The predicted octanol–water partition coefficient (Wildman–Crippen LogP) is 4.30. The Hall–Kier alpha value is -1.50. The van der Waals surface area contributed by atoms with Crippen LogP contribution in [0.25, 0.3) is 0 Å². The van der Waals surface area contributed by atoms with E-state index in [1.54, 1.807) is 7.11 Å². The van der Waals surface area contributed by atoms with Crippen LogP contribution in [0, 0.1) is 20.8 Å². The molecule has 0 aliphatic rings. The maximum absolute atomic E-state index is 5.38. The summed E-state index contributed by atoms with van der Waals surface area (Å²) >= 11 is 0. The Morgan fingerprint density at radius 1 is 1.29 bits per heavy atom. The van der Waals surface area contributed by atoms with Crippen LogP contribution in [0.15, 0.2) is 30.4 Å². The first-order valence-electron chi connectivity index (χ1n) is 5.94. The normalized spacial score (nSPS) is 11.5. The highest BCUT2D eigenvalue weighted by atomic mass is 16.5. The molecule has 0 unspecified atom stereocenters. The van der Waals surface area contributed by atoms with Gasteiger partial charge in [-0.25, -0.2) is 0 Å². The van der Waals surface area contributed by atoms with Gasteiger partial charge in [0, 0.05) is 0 Å². The molecule has 0 spiro atoms. The second-order valence-electron chi connectivity index (χ2n) is 4.48. The summed E-state index contributed by atoms with van der Waals surface area (Å²) in [6.07, 6.45) is 5.07. The molecule has 92 valence electrons. The van der Waals surface area contributed by atoms with Crippen LogP contribution in [0.4, 0.5) is 0 Å². The average molecular weight is 230 g/mol. The van der Waals surface area contributed by atoms with E-state index in [1.165, 1.54) is 27.8 Å². The molecule has 0 heterocycles. The number of methoxy groups -OCH3 is 1. The fourth-order valence-corrected chi connectivity index (χ4v) is 1.97. The molecule has 0 amide bonds. The van der Waals surface area contributed by atoms with Crippen LogP contribution in [-0.2, 0) is 6.42 Å². The Bertz CT molecular complexity index is 453. The van der Waals surface area contributed by atoms with Crippen LogP contribution >= 0.6 is 0 Å². The maximum Gasteiger partial charge on any atom is 0.122 e. The topological polar surface area (TPSA) is 9.23 Å². The minimum atomic E-state index is 0.959. The SMILES string of the molecule is C=C/C(C)=C/Cc1c(C)cc(OC)c(C)c1C. The van der Waals surface area contributed by atoms with Gasteiger partial charge in [-0.3, -0.25) is 0 Å². The Morgan fingerprint density at radius 2 is 1.94 bits per heavy atom. The standard InChI is InChI=1S/C16H22O/c1-7-11(2)8-9-15-12(3)10-16(17-6)14(5)13(15)4/h7-8,10H,1,9H2,2-6H3/b11-8+. The fraction of sp³-hybridized carbons (Fsp3) is 0.375. The summed E-state index contributed by atoms with van der Waals surface area (Å²) < 4.78 is 5.38. The van der Waals surface area contributed by atoms with Crippen LogP contribution in [0.2, 0.25) is 0 Å². The zero-order chi connectivity index (χ0) is 13.0. The molecule has 0 fully saturated rings. The van der Waals surface area contributed by atoms with Crippen LogP contribution in [0.1, 0.15) is 29.2 Å². The minimum absolute atomic E-state index is 0.959. The summed E-state index contributed by atoms with van der Waals surface area (Å²) in [5, 5.41) is 0. The minimum Gasteiger partial charge on any atom is -0.496 e. The van der Waals surface area contributed by atoms with Gasteiger partial charge in [0.15, 0.2) is 0 Å². The fourth-order valence-electron chi connectivity index (χ4n) is 1.97. The Labute approximate surface area is 105 Å². The van der Waals surface area contributed by atoms with Crippen molar-refractivity contribution in [3.63, 3.8) is 0 Å². The second-order valence-corrected chi connectivity index (χ2v) is 4.48. The smallest absolute Gasteiger partial charge is 0.122 e. The molecule has 0 bridgehead atoms. The van der Waals surface area contributed by atoms with E-state index < -0.39 is 0 Å². The van der Waals surface area contributed by atoms with E-state index in [0.29, 0.717) is 0 Å². The van der Waals surface area contributed by atoms with Crippen molar-refractivity contribution in [2.75, 3.05) is 7.11 Å². The third-order valence-corrected chi connectivity index (χ3v) is 3.38. The van der Waals surface area contributed by atoms with Crippen molar-refractivity contribution >= 4 is 0 Å². The highest BCUT2D eigenvalue weighted by Crippen LogP contribution is 2.28. The third-order valence-electron chi connectivity index (χ3n) is 3.38. The molecule has 1 aromatic rings. The van der Waals surface area contributed by atoms with Gasteiger partial charge in [-0.1, -0.05) is 24.3 Å². The number of aryl methyl sites for hydroxylation is 1. The Balaban J connectivity index is 3.17. The number of allylic oxidation sites excluding steroid dienone is 3. The number of hydrogen-bond donors (Lipinski definition) is 0. The van der Waals surface area contributed by atoms with Crippen LogP contribution in [0.3, 0.4) is 0 Å². The first-order chi connectivity index (χ1) is 8.01. The van der Waals surface area contributed by atoms with Crippen LogP contribution in [-0.4, -0.2) is 7.11 Å². The van der Waals surface area contributed by atoms with Crippen molar-refractivity contribution in [1.82, 2.24) is 0 Å². The number of rotatable bonds is 4. The first-order valence-corrected chi connectivity index (χ1v) is 5.94. The summed E-state index contributed by atoms with van der Waals surface area (Å²) in [7, 11) is 1.72. The molecular weight excluding hydrogens is 208 g/mol. The summed E-state index contributed by atoms with van der Waals surface area (Å²) in [5.74, 6) is 0.980. The lowest BCUT2D eigenvalue weighted by molar-refractivity contribution is 0.410. The van der Waals surface area contributed by atoms with E-state index in [2.05, 4.69) is 46.4 Å². The third kappa shape index (κ3) is 3.00. The molecule has 0 aromatic heterocycles. The molecule has 0 radical (unpaired) electrons. The lowest BCUT2D eigenvalue weighted by atomic mass is 9.94. The quantitative estimate of drug-likeness (QED) is 0.701. The van der Waals surface area contributed by atoms with Crippen LogP contribution < -0.4 is 4.74 Å². The Morgan fingerprint density at radius 3 is 2.47 bits per heavy atom. The molecule has 0 saturated heterocycles. The van der Waals surface area contributed by atoms with Gasteiger partial charge >= 0.3 is 0 Å². The predicted molar refractivity (Wildman–Crippen MR) is 74.9 cm³/mol. The average Bonchev–Trinajstić information content (AvgIpc) is 2.33. The van der Waals surface area contributed by atoms with E-state index in [-0.39, 0.29) is 0 Å². The molecule has 1 nitrogen and oxygen atoms in total. The molecule has 1 heteroatoms. The number of hydrogen-bond acceptors (Lipinski definition) is 1. The van der Waals surface area contributed by atoms with E-state index >= 15 is 0 Å². The monoisotopic (exact) mass is 230 g/mol. The maximum atomic E-state index is 5.38. The van der Waals surface area contributed by atoms with Gasteiger partial charge in [0.05, 0.1) is 7.11 Å². The van der Waals surface area contributed by atoms with Crippen molar-refractivity contribution < 1.29 is 4.74 Å². The molecule has 1 rings (SSSR count). The first kappa shape index (κ1) is 13.6. The van der Waals surface area contributed by atoms with Gasteiger partial charge in [-0.15, -0.1) is 0 Å². The van der Waals surface area contributed by atoms with Gasteiger partial charge in [-0.05, 0) is 62.4 Å². The van der Waals surface area contributed by atoms with Crippen molar-refractivity contribution in [3.8, 4) is 5.75 Å². The highest BCUT2D eigenvalue weighted by Gasteiger charge is 2.09. The van der Waals surface area contributed by atoms with Crippen molar-refractivity contribution in [3.05, 3.63) is 52.6 Å². The van der Waals surface area contributed by atoms with Gasteiger partial charge in [-0.2, -0.15) is 0 Å². The van der Waals surface area contributed by atoms with E-state index in [0.717, 1.165) is 12.2 Å². The zero-order valence-electron chi connectivity index (χ0n) is 11.6. The molecule has 1 aromatic carbocycles. The lowest BCUT2D eigenvalue weighted by Gasteiger charge is -2.15. The summed E-state index contributed by atoms with van der Waals surface area (Å²) in [6, 6.07) is 2.12. The highest BCUT2D eigenvalue weighted by molar-refractivity contribution is 5.48. The summed E-state index contributed by atoms with van der Waals surface area (Å²) in [4.78, 5) is 0. The molecule has 0 aliphatic carbocycles. The van der Waals surface area contributed by atoms with Gasteiger partial charge in [0.25, 0.3) is 0 Å². The number of ether oxygens (including phenoxy) is 1. The lowest BCUT2D eigenvalue weighted by Crippen LogP contribution is -1.99. The molecule has 0 aliphatic heterocycles. The van der Waals surface area contributed by atoms with E-state index in [4.69, 9.17) is 4.74 Å². The summed E-state index contributed by atoms with van der Waals surface area (Å²) in [5.41, 5.74) is 6.47. The second kappa shape index (κ2) is 5.72.